The van der Waals surface area contributed by atoms with Crippen LogP contribution in [0.15, 0.2) is 30.3 Å². The average molecular weight is 282 g/mol. The summed E-state index contributed by atoms with van der Waals surface area (Å²) in [5.74, 6) is -1.95. The van der Waals surface area contributed by atoms with E-state index in [2.05, 4.69) is 0 Å². The number of rotatable bonds is 3. The van der Waals surface area contributed by atoms with E-state index >= 15 is 0 Å². The zero-order chi connectivity index (χ0) is 14.9. The van der Waals surface area contributed by atoms with Crippen molar-refractivity contribution in [3.63, 3.8) is 0 Å². The predicted molar refractivity (Wildman–Crippen MR) is 68.2 cm³/mol. The van der Waals surface area contributed by atoms with Gasteiger partial charge in [0, 0.05) is 23.8 Å². The summed E-state index contributed by atoms with van der Waals surface area (Å²) in [4.78, 5) is 0. The fraction of sp³-hybridized carbons (Fsp3) is 0.200. The quantitative estimate of drug-likeness (QED) is 0.911. The van der Waals surface area contributed by atoms with Gasteiger partial charge in [-0.05, 0) is 31.5 Å². The maximum absolute atomic E-state index is 13.5. The molecular formula is C15H13F3O2. The van der Waals surface area contributed by atoms with E-state index < -0.39 is 23.6 Å². The number of benzene rings is 2. The Morgan fingerprint density at radius 2 is 1.60 bits per heavy atom. The molecule has 0 aliphatic heterocycles. The smallest absolute Gasteiger partial charge is 0.133 e. The van der Waals surface area contributed by atoms with Crippen molar-refractivity contribution in [2.45, 2.75) is 20.0 Å². The SMILES string of the molecule is Cc1cc(Oc2cc(F)cc(F)c2)c(C(C)O)cc1F. The fourth-order valence-electron chi connectivity index (χ4n) is 1.80. The highest BCUT2D eigenvalue weighted by Crippen LogP contribution is 2.32. The van der Waals surface area contributed by atoms with Crippen LogP contribution >= 0.6 is 0 Å². The summed E-state index contributed by atoms with van der Waals surface area (Å²) >= 11 is 0. The van der Waals surface area contributed by atoms with Gasteiger partial charge in [0.25, 0.3) is 0 Å². The van der Waals surface area contributed by atoms with E-state index in [4.69, 9.17) is 4.74 Å². The standard InChI is InChI=1S/C15H13F3O2/c1-8-3-15(13(9(2)19)7-14(8)18)20-12-5-10(16)4-11(17)6-12/h3-7,9,19H,1-2H3. The highest BCUT2D eigenvalue weighted by molar-refractivity contribution is 5.42. The number of halogens is 3. The van der Waals surface area contributed by atoms with E-state index in [0.29, 0.717) is 5.56 Å². The van der Waals surface area contributed by atoms with Crippen LogP contribution in [-0.4, -0.2) is 5.11 Å². The molecule has 1 unspecified atom stereocenters. The number of aliphatic hydroxyl groups excluding tert-OH is 1. The van der Waals surface area contributed by atoms with Crippen LogP contribution in [-0.2, 0) is 0 Å². The molecule has 1 atom stereocenters. The van der Waals surface area contributed by atoms with Gasteiger partial charge in [0.05, 0.1) is 6.10 Å². The topological polar surface area (TPSA) is 29.5 Å². The summed E-state index contributed by atoms with van der Waals surface area (Å²) in [5.41, 5.74) is 0.513. The van der Waals surface area contributed by atoms with Crippen LogP contribution in [0.1, 0.15) is 24.2 Å². The minimum Gasteiger partial charge on any atom is -0.457 e. The Kier molecular flexibility index (Phi) is 3.99. The minimum atomic E-state index is -0.974. The van der Waals surface area contributed by atoms with Gasteiger partial charge in [0.15, 0.2) is 0 Å². The maximum atomic E-state index is 13.5. The first-order chi connectivity index (χ1) is 9.36. The van der Waals surface area contributed by atoms with E-state index in [9.17, 15) is 18.3 Å². The van der Waals surface area contributed by atoms with Crippen LogP contribution in [0.25, 0.3) is 0 Å². The lowest BCUT2D eigenvalue weighted by molar-refractivity contribution is 0.195. The Balaban J connectivity index is 2.44. The number of hydrogen-bond donors (Lipinski definition) is 1. The van der Waals surface area contributed by atoms with Gasteiger partial charge in [0.2, 0.25) is 0 Å². The van der Waals surface area contributed by atoms with Crippen LogP contribution in [0, 0.1) is 24.4 Å². The predicted octanol–water partition coefficient (Wildman–Crippen LogP) is 4.26. The Bertz CT molecular complexity index is 619. The van der Waals surface area contributed by atoms with Crippen LogP contribution in [0.2, 0.25) is 0 Å². The van der Waals surface area contributed by atoms with Crippen LogP contribution < -0.4 is 4.74 Å². The molecule has 0 saturated carbocycles. The average Bonchev–Trinajstić information content (AvgIpc) is 2.31. The molecule has 0 heterocycles. The van der Waals surface area contributed by atoms with E-state index in [1.54, 1.807) is 0 Å². The lowest BCUT2D eigenvalue weighted by Crippen LogP contribution is -1.99. The van der Waals surface area contributed by atoms with Crippen molar-refractivity contribution in [2.75, 3.05) is 0 Å². The number of aliphatic hydroxyl groups is 1. The van der Waals surface area contributed by atoms with Gasteiger partial charge >= 0.3 is 0 Å². The van der Waals surface area contributed by atoms with Crippen LogP contribution in [0.4, 0.5) is 13.2 Å². The highest BCUT2D eigenvalue weighted by Gasteiger charge is 2.14. The van der Waals surface area contributed by atoms with Crippen LogP contribution in [0.3, 0.4) is 0 Å². The van der Waals surface area contributed by atoms with Crippen molar-refractivity contribution >= 4 is 0 Å². The monoisotopic (exact) mass is 282 g/mol. The molecule has 0 aromatic heterocycles. The maximum Gasteiger partial charge on any atom is 0.133 e. The Labute approximate surface area is 114 Å². The second kappa shape index (κ2) is 5.54. The summed E-state index contributed by atoms with van der Waals surface area (Å²) in [5, 5.41) is 9.61. The molecule has 1 N–H and O–H groups in total. The number of ether oxygens (including phenoxy) is 1. The van der Waals surface area contributed by atoms with Crippen molar-refractivity contribution in [1.29, 1.82) is 0 Å². The summed E-state index contributed by atoms with van der Waals surface area (Å²) in [6, 6.07) is 5.25. The molecule has 0 aliphatic rings. The Hall–Kier alpha value is -2.01. The molecule has 0 fully saturated rings. The third-order valence-corrected chi connectivity index (χ3v) is 2.81. The minimum absolute atomic E-state index is 0.0598. The van der Waals surface area contributed by atoms with Gasteiger partial charge in [-0.1, -0.05) is 0 Å². The second-order valence-electron chi connectivity index (χ2n) is 4.52. The lowest BCUT2D eigenvalue weighted by atomic mass is 10.1. The Morgan fingerprint density at radius 3 is 2.15 bits per heavy atom. The fourth-order valence-corrected chi connectivity index (χ4v) is 1.80. The molecule has 0 radical (unpaired) electrons. The van der Waals surface area contributed by atoms with E-state index in [0.717, 1.165) is 24.3 Å². The molecule has 2 rings (SSSR count). The molecule has 5 heteroatoms. The largest absolute Gasteiger partial charge is 0.457 e. The third kappa shape index (κ3) is 3.11. The van der Waals surface area contributed by atoms with E-state index in [1.165, 1.54) is 19.9 Å². The van der Waals surface area contributed by atoms with Gasteiger partial charge in [-0.25, -0.2) is 13.2 Å². The molecule has 0 saturated heterocycles. The first kappa shape index (κ1) is 14.4. The number of aryl methyl sites for hydroxylation is 1. The van der Waals surface area contributed by atoms with E-state index in [1.807, 2.05) is 0 Å². The molecule has 0 amide bonds. The van der Waals surface area contributed by atoms with Gasteiger partial charge in [-0.3, -0.25) is 0 Å². The summed E-state index contributed by atoms with van der Waals surface area (Å²) in [6.45, 7) is 2.98. The van der Waals surface area contributed by atoms with Gasteiger partial charge < -0.3 is 9.84 Å². The molecule has 0 spiro atoms. The molecular weight excluding hydrogens is 269 g/mol. The van der Waals surface area contributed by atoms with Gasteiger partial charge in [-0.2, -0.15) is 0 Å². The molecule has 2 aromatic rings. The van der Waals surface area contributed by atoms with Crippen molar-refractivity contribution < 1.29 is 23.0 Å². The third-order valence-electron chi connectivity index (χ3n) is 2.81. The van der Waals surface area contributed by atoms with Gasteiger partial charge in [0.1, 0.15) is 29.0 Å². The molecule has 2 nitrogen and oxygen atoms in total. The van der Waals surface area contributed by atoms with Crippen molar-refractivity contribution in [3.05, 3.63) is 58.9 Å². The number of hydrogen-bond acceptors (Lipinski definition) is 2. The second-order valence-corrected chi connectivity index (χ2v) is 4.52. The highest BCUT2D eigenvalue weighted by atomic mass is 19.1. The zero-order valence-corrected chi connectivity index (χ0v) is 11.0. The molecule has 106 valence electrons. The van der Waals surface area contributed by atoms with Crippen LogP contribution in [0.5, 0.6) is 11.5 Å². The van der Waals surface area contributed by atoms with Crippen molar-refractivity contribution in [3.8, 4) is 11.5 Å². The van der Waals surface area contributed by atoms with Gasteiger partial charge in [-0.15, -0.1) is 0 Å². The summed E-state index contributed by atoms with van der Waals surface area (Å²) in [6.07, 6.45) is -0.974. The first-order valence-electron chi connectivity index (χ1n) is 5.99. The molecule has 2 aromatic carbocycles. The molecule has 0 aliphatic carbocycles. The molecule has 20 heavy (non-hydrogen) atoms. The van der Waals surface area contributed by atoms with Crippen molar-refractivity contribution in [1.82, 2.24) is 0 Å². The lowest BCUT2D eigenvalue weighted by Gasteiger charge is -2.14. The summed E-state index contributed by atoms with van der Waals surface area (Å²) < 4.78 is 45.1. The summed E-state index contributed by atoms with van der Waals surface area (Å²) in [7, 11) is 0. The zero-order valence-electron chi connectivity index (χ0n) is 11.0. The first-order valence-corrected chi connectivity index (χ1v) is 5.99. The van der Waals surface area contributed by atoms with E-state index in [-0.39, 0.29) is 17.1 Å². The Morgan fingerprint density at radius 1 is 1.00 bits per heavy atom. The normalized spacial score (nSPS) is 12.3. The van der Waals surface area contributed by atoms with Crippen molar-refractivity contribution in [2.24, 2.45) is 0 Å². The molecule has 0 bridgehead atoms.